The fourth-order valence-electron chi connectivity index (χ4n) is 4.07. The number of piperazine rings is 1. The molecule has 4 rings (SSSR count). The van der Waals surface area contributed by atoms with Crippen LogP contribution in [0.2, 0.25) is 5.02 Å². The normalized spacial score (nSPS) is 24.5. The van der Waals surface area contributed by atoms with Crippen molar-refractivity contribution in [3.63, 3.8) is 0 Å². The average molecular weight is 427 g/mol. The maximum atomic E-state index is 12.8. The van der Waals surface area contributed by atoms with Gasteiger partial charge in [-0.2, -0.15) is 4.31 Å². The van der Waals surface area contributed by atoms with Crippen molar-refractivity contribution in [1.29, 1.82) is 0 Å². The maximum absolute atomic E-state index is 12.8. The zero-order valence-electron chi connectivity index (χ0n) is 15.9. The molecule has 1 N–H and O–H groups in total. The zero-order valence-corrected chi connectivity index (χ0v) is 17.5. The second-order valence-corrected chi connectivity index (χ2v) is 10.2. The lowest BCUT2D eigenvalue weighted by Gasteiger charge is -2.34. The molecule has 0 bridgehead atoms. The van der Waals surface area contributed by atoms with Crippen LogP contribution in [0, 0.1) is 5.92 Å². The monoisotopic (exact) mass is 426 g/mol. The van der Waals surface area contributed by atoms with Gasteiger partial charge < -0.3 is 15.1 Å². The zero-order chi connectivity index (χ0) is 19.7. The molecule has 0 aromatic heterocycles. The molecule has 3 fully saturated rings. The number of nitrogens with zero attached hydrogens (tertiary/aromatic N) is 3. The number of rotatable bonds is 5. The number of urea groups is 1. The minimum absolute atomic E-state index is 0.0975. The first-order chi connectivity index (χ1) is 13.4. The summed E-state index contributed by atoms with van der Waals surface area (Å²) in [5, 5.41) is 3.26. The number of halogens is 1. The van der Waals surface area contributed by atoms with Crippen LogP contribution >= 0.6 is 11.6 Å². The Labute approximate surface area is 171 Å². The predicted molar refractivity (Wildman–Crippen MR) is 108 cm³/mol. The molecule has 28 heavy (non-hydrogen) atoms. The third kappa shape index (κ3) is 4.30. The quantitative estimate of drug-likeness (QED) is 0.779. The van der Waals surface area contributed by atoms with Crippen molar-refractivity contribution < 1.29 is 13.2 Å². The highest BCUT2D eigenvalue weighted by atomic mass is 35.5. The molecule has 7 nitrogen and oxygen atoms in total. The van der Waals surface area contributed by atoms with E-state index < -0.39 is 10.0 Å². The van der Waals surface area contributed by atoms with Crippen LogP contribution in [-0.2, 0) is 10.0 Å². The number of carbonyl (C=O) groups excluding carboxylic acids is 1. The average Bonchev–Trinajstić information content (AvgIpc) is 3.44. The minimum Gasteiger partial charge on any atom is -0.338 e. The number of amides is 2. The lowest BCUT2D eigenvalue weighted by atomic mass is 10.1. The molecular weight excluding hydrogens is 400 g/mol. The molecule has 2 amide bonds. The lowest BCUT2D eigenvalue weighted by Crippen LogP contribution is -2.53. The van der Waals surface area contributed by atoms with Crippen LogP contribution in [0.15, 0.2) is 29.2 Å². The third-order valence-electron chi connectivity index (χ3n) is 5.90. The maximum Gasteiger partial charge on any atom is 0.317 e. The van der Waals surface area contributed by atoms with Crippen LogP contribution < -0.4 is 5.32 Å². The Morgan fingerprint density at radius 2 is 1.79 bits per heavy atom. The summed E-state index contributed by atoms with van der Waals surface area (Å²) in [5.41, 5.74) is 0. The van der Waals surface area contributed by atoms with E-state index in [-0.39, 0.29) is 29.0 Å². The summed E-state index contributed by atoms with van der Waals surface area (Å²) in [6.45, 7) is 4.24. The summed E-state index contributed by atoms with van der Waals surface area (Å²) in [4.78, 5) is 16.8. The molecule has 1 aliphatic carbocycles. The molecule has 3 aliphatic rings. The van der Waals surface area contributed by atoms with Gasteiger partial charge in [-0.05, 0) is 43.9 Å². The van der Waals surface area contributed by atoms with Crippen LogP contribution in [0.25, 0.3) is 0 Å². The van der Waals surface area contributed by atoms with Crippen molar-refractivity contribution in [2.45, 2.75) is 30.2 Å². The molecular formula is C19H27ClN4O3S. The van der Waals surface area contributed by atoms with Gasteiger partial charge in [0.1, 0.15) is 4.90 Å². The van der Waals surface area contributed by atoms with Gasteiger partial charge in [-0.1, -0.05) is 23.7 Å². The second-order valence-electron chi connectivity index (χ2n) is 7.89. The molecule has 1 aromatic rings. The number of hydrogen-bond donors (Lipinski definition) is 1. The van der Waals surface area contributed by atoms with Crippen molar-refractivity contribution in [2.24, 2.45) is 5.92 Å². The van der Waals surface area contributed by atoms with Crippen LogP contribution in [0.1, 0.15) is 19.3 Å². The van der Waals surface area contributed by atoms with Crippen LogP contribution in [0.3, 0.4) is 0 Å². The molecule has 1 unspecified atom stereocenters. The number of likely N-dealkylation sites (tertiary alicyclic amines) is 1. The van der Waals surface area contributed by atoms with E-state index in [0.717, 1.165) is 25.6 Å². The standard InChI is InChI=1S/C19H27ClN4O3S/c20-17-3-1-2-4-18(17)28(26,27)24-11-9-22(10-12-24)19(25)21-13-15-7-8-23(14-15)16-5-6-16/h1-4,15-16H,5-14H2,(H,21,25). The molecule has 1 atom stereocenters. The van der Waals surface area contributed by atoms with Gasteiger partial charge in [-0.15, -0.1) is 0 Å². The molecule has 0 spiro atoms. The Balaban J connectivity index is 1.25. The van der Waals surface area contributed by atoms with Gasteiger partial charge in [-0.25, -0.2) is 13.2 Å². The number of hydrogen-bond acceptors (Lipinski definition) is 4. The Morgan fingerprint density at radius 1 is 1.07 bits per heavy atom. The Hall–Kier alpha value is -1.35. The van der Waals surface area contributed by atoms with Crippen LogP contribution in [0.5, 0.6) is 0 Å². The fourth-order valence-corrected chi connectivity index (χ4v) is 5.98. The molecule has 0 radical (unpaired) electrons. The Bertz CT molecular complexity index is 822. The van der Waals surface area contributed by atoms with E-state index in [1.165, 1.54) is 23.2 Å². The molecule has 9 heteroatoms. The van der Waals surface area contributed by atoms with E-state index in [2.05, 4.69) is 10.2 Å². The van der Waals surface area contributed by atoms with Crippen molar-refractivity contribution >= 4 is 27.7 Å². The van der Waals surface area contributed by atoms with Gasteiger partial charge in [0.15, 0.2) is 0 Å². The van der Waals surface area contributed by atoms with Crippen LogP contribution in [0.4, 0.5) is 4.79 Å². The lowest BCUT2D eigenvalue weighted by molar-refractivity contribution is 0.171. The van der Waals surface area contributed by atoms with Crippen molar-refractivity contribution in [1.82, 2.24) is 19.4 Å². The Morgan fingerprint density at radius 3 is 2.46 bits per heavy atom. The van der Waals surface area contributed by atoms with Gasteiger partial charge in [-0.3, -0.25) is 0 Å². The topological polar surface area (TPSA) is 73.0 Å². The summed E-state index contributed by atoms with van der Waals surface area (Å²) in [6.07, 6.45) is 3.78. The van der Waals surface area contributed by atoms with Crippen molar-refractivity contribution in [3.05, 3.63) is 29.3 Å². The van der Waals surface area contributed by atoms with Gasteiger partial charge >= 0.3 is 6.03 Å². The molecule has 2 aliphatic heterocycles. The van der Waals surface area contributed by atoms with E-state index in [1.54, 1.807) is 23.1 Å². The van der Waals surface area contributed by atoms with Crippen molar-refractivity contribution in [3.8, 4) is 0 Å². The predicted octanol–water partition coefficient (Wildman–Crippen LogP) is 1.84. The highest BCUT2D eigenvalue weighted by Crippen LogP contribution is 2.31. The van der Waals surface area contributed by atoms with Gasteiger partial charge in [0.25, 0.3) is 0 Å². The number of sulfonamides is 1. The number of benzene rings is 1. The molecule has 2 saturated heterocycles. The fraction of sp³-hybridized carbons (Fsp3) is 0.632. The molecule has 1 aromatic carbocycles. The number of carbonyl (C=O) groups is 1. The van der Waals surface area contributed by atoms with Crippen LogP contribution in [-0.4, -0.2) is 80.4 Å². The van der Waals surface area contributed by atoms with Gasteiger partial charge in [0.2, 0.25) is 10.0 Å². The first-order valence-electron chi connectivity index (χ1n) is 9.96. The van der Waals surface area contributed by atoms with Gasteiger partial charge in [0, 0.05) is 45.3 Å². The molecule has 154 valence electrons. The molecule has 1 saturated carbocycles. The summed E-state index contributed by atoms with van der Waals surface area (Å²) in [6, 6.07) is 7.15. The van der Waals surface area contributed by atoms with Gasteiger partial charge in [0.05, 0.1) is 5.02 Å². The summed E-state index contributed by atoms with van der Waals surface area (Å²) >= 11 is 6.06. The number of nitrogens with one attached hydrogen (secondary N) is 1. The van der Waals surface area contributed by atoms with E-state index in [0.29, 0.717) is 25.6 Å². The smallest absolute Gasteiger partial charge is 0.317 e. The third-order valence-corrected chi connectivity index (χ3v) is 8.30. The first-order valence-corrected chi connectivity index (χ1v) is 11.8. The summed E-state index contributed by atoms with van der Waals surface area (Å²) in [7, 11) is -3.64. The van der Waals surface area contributed by atoms with E-state index in [1.807, 2.05) is 0 Å². The summed E-state index contributed by atoms with van der Waals surface area (Å²) in [5.74, 6) is 0.520. The SMILES string of the molecule is O=C(NCC1CCN(C2CC2)C1)N1CCN(S(=O)(=O)c2ccccc2Cl)CC1. The first kappa shape index (κ1) is 19.9. The van der Waals surface area contributed by atoms with E-state index in [4.69, 9.17) is 11.6 Å². The largest absolute Gasteiger partial charge is 0.338 e. The Kier molecular flexibility index (Phi) is 5.83. The van der Waals surface area contributed by atoms with E-state index >= 15 is 0 Å². The van der Waals surface area contributed by atoms with Crippen molar-refractivity contribution in [2.75, 3.05) is 45.8 Å². The highest BCUT2D eigenvalue weighted by molar-refractivity contribution is 7.89. The molecule has 2 heterocycles. The van der Waals surface area contributed by atoms with E-state index in [9.17, 15) is 13.2 Å². The summed E-state index contributed by atoms with van der Waals surface area (Å²) < 4.78 is 27.0. The highest BCUT2D eigenvalue weighted by Gasteiger charge is 2.35. The minimum atomic E-state index is -3.64. The second kappa shape index (κ2) is 8.18.